The van der Waals surface area contributed by atoms with Crippen LogP contribution in [0.3, 0.4) is 0 Å². The van der Waals surface area contributed by atoms with Crippen molar-refractivity contribution in [3.05, 3.63) is 18.1 Å². The molecular weight excluding hydrogens is 210 g/mol. The van der Waals surface area contributed by atoms with Gasteiger partial charge in [0.1, 0.15) is 11.3 Å². The predicted molar refractivity (Wildman–Crippen MR) is 57.3 cm³/mol. The molecule has 0 aromatic carbocycles. The Kier molecular flexibility index (Phi) is 3.55. The third-order valence-corrected chi connectivity index (χ3v) is 1.46. The van der Waals surface area contributed by atoms with Crippen molar-refractivity contribution in [2.75, 3.05) is 5.32 Å². The summed E-state index contributed by atoms with van der Waals surface area (Å²) in [6, 6.07) is 0. The van der Waals surface area contributed by atoms with E-state index in [9.17, 15) is 9.59 Å². The fourth-order valence-corrected chi connectivity index (χ4v) is 0.932. The Bertz CT molecular complexity index is 399. The van der Waals surface area contributed by atoms with Gasteiger partial charge in [-0.1, -0.05) is 0 Å². The molecule has 0 bridgehead atoms. The first-order chi connectivity index (χ1) is 7.42. The van der Waals surface area contributed by atoms with Crippen molar-refractivity contribution in [2.45, 2.75) is 26.4 Å². The third-order valence-electron chi connectivity index (χ3n) is 1.46. The van der Waals surface area contributed by atoms with Crippen LogP contribution in [-0.2, 0) is 4.74 Å². The average Bonchev–Trinajstić information content (AvgIpc) is 2.15. The third kappa shape index (κ3) is 3.64. The largest absolute Gasteiger partial charge is 0.444 e. The molecule has 0 saturated heterocycles. The van der Waals surface area contributed by atoms with Gasteiger partial charge in [-0.05, 0) is 20.8 Å². The van der Waals surface area contributed by atoms with Crippen LogP contribution in [0, 0.1) is 0 Å². The summed E-state index contributed by atoms with van der Waals surface area (Å²) in [6.07, 6.45) is 2.58. The molecule has 0 spiro atoms. The Morgan fingerprint density at radius 1 is 1.38 bits per heavy atom. The van der Waals surface area contributed by atoms with Gasteiger partial charge in [0.25, 0.3) is 0 Å². The van der Waals surface area contributed by atoms with Crippen molar-refractivity contribution in [3.8, 4) is 0 Å². The molecule has 1 amide bonds. The lowest BCUT2D eigenvalue weighted by atomic mass is 10.2. The number of carbonyl (C=O) groups is 2. The molecule has 0 aliphatic carbocycles. The molecule has 86 valence electrons. The Morgan fingerprint density at radius 3 is 2.56 bits per heavy atom. The Labute approximate surface area is 93.0 Å². The Balaban J connectivity index is 2.73. The number of nitrogens with zero attached hydrogens (tertiary/aromatic N) is 2. The number of carbonyl (C=O) groups excluding carboxylic acids is 2. The monoisotopic (exact) mass is 223 g/mol. The van der Waals surface area contributed by atoms with Crippen LogP contribution < -0.4 is 5.32 Å². The average molecular weight is 223 g/mol. The standard InChI is InChI=1S/C10H13N3O3/c1-10(2,3)16-9(15)13-8-7(6-14)11-4-5-12-8/h4-6H,1-3H3,(H,12,13,15). The summed E-state index contributed by atoms with van der Waals surface area (Å²) in [7, 11) is 0. The van der Waals surface area contributed by atoms with Gasteiger partial charge in [0.2, 0.25) is 0 Å². The number of anilines is 1. The molecule has 0 radical (unpaired) electrons. The molecule has 1 N–H and O–H groups in total. The number of ether oxygens (including phenoxy) is 1. The zero-order valence-electron chi connectivity index (χ0n) is 9.35. The minimum absolute atomic E-state index is 0.0633. The molecule has 6 heteroatoms. The van der Waals surface area contributed by atoms with Gasteiger partial charge in [-0.2, -0.15) is 0 Å². The van der Waals surface area contributed by atoms with E-state index in [1.54, 1.807) is 20.8 Å². The Morgan fingerprint density at radius 2 is 2.00 bits per heavy atom. The highest BCUT2D eigenvalue weighted by atomic mass is 16.6. The van der Waals surface area contributed by atoms with E-state index in [2.05, 4.69) is 15.3 Å². The van der Waals surface area contributed by atoms with Gasteiger partial charge in [-0.15, -0.1) is 0 Å². The van der Waals surface area contributed by atoms with Crippen LogP contribution in [-0.4, -0.2) is 27.9 Å². The van der Waals surface area contributed by atoms with Crippen molar-refractivity contribution in [1.29, 1.82) is 0 Å². The summed E-state index contributed by atoms with van der Waals surface area (Å²) in [4.78, 5) is 29.5. The van der Waals surface area contributed by atoms with Crippen LogP contribution in [0.15, 0.2) is 12.4 Å². The first-order valence-electron chi connectivity index (χ1n) is 4.68. The van der Waals surface area contributed by atoms with Gasteiger partial charge in [0, 0.05) is 12.4 Å². The summed E-state index contributed by atoms with van der Waals surface area (Å²) in [6.45, 7) is 5.22. The number of hydrogen-bond donors (Lipinski definition) is 1. The zero-order chi connectivity index (χ0) is 12.2. The maximum atomic E-state index is 11.4. The van der Waals surface area contributed by atoms with Crippen LogP contribution >= 0.6 is 0 Å². The molecule has 0 aliphatic rings. The smallest absolute Gasteiger partial charge is 0.413 e. The number of aromatic nitrogens is 2. The van der Waals surface area contributed by atoms with Gasteiger partial charge in [-0.3, -0.25) is 10.1 Å². The summed E-state index contributed by atoms with van der Waals surface area (Å²) < 4.78 is 5.01. The van der Waals surface area contributed by atoms with E-state index in [4.69, 9.17) is 4.74 Å². The van der Waals surface area contributed by atoms with Gasteiger partial charge in [-0.25, -0.2) is 14.8 Å². The molecular formula is C10H13N3O3. The highest BCUT2D eigenvalue weighted by Gasteiger charge is 2.17. The van der Waals surface area contributed by atoms with E-state index in [1.165, 1.54) is 12.4 Å². The number of amides is 1. The molecule has 1 heterocycles. The van der Waals surface area contributed by atoms with Crippen molar-refractivity contribution in [1.82, 2.24) is 9.97 Å². The number of aldehydes is 1. The van der Waals surface area contributed by atoms with E-state index in [1.807, 2.05) is 0 Å². The molecule has 0 aliphatic heterocycles. The molecule has 1 rings (SSSR count). The minimum Gasteiger partial charge on any atom is -0.444 e. The predicted octanol–water partition coefficient (Wildman–Crippen LogP) is 1.64. The highest BCUT2D eigenvalue weighted by Crippen LogP contribution is 2.10. The van der Waals surface area contributed by atoms with Gasteiger partial charge in [0.05, 0.1) is 0 Å². The zero-order valence-corrected chi connectivity index (χ0v) is 9.35. The maximum absolute atomic E-state index is 11.4. The van der Waals surface area contributed by atoms with Crippen LogP contribution in [0.1, 0.15) is 31.3 Å². The maximum Gasteiger partial charge on any atom is 0.413 e. The Hall–Kier alpha value is -1.98. The fourth-order valence-electron chi connectivity index (χ4n) is 0.932. The molecule has 0 saturated carbocycles. The molecule has 6 nitrogen and oxygen atoms in total. The SMILES string of the molecule is CC(C)(C)OC(=O)Nc1nccnc1C=O. The highest BCUT2D eigenvalue weighted by molar-refractivity contribution is 5.90. The quantitative estimate of drug-likeness (QED) is 0.771. The van der Waals surface area contributed by atoms with Crippen LogP contribution in [0.2, 0.25) is 0 Å². The number of rotatable bonds is 2. The van der Waals surface area contributed by atoms with Crippen molar-refractivity contribution < 1.29 is 14.3 Å². The lowest BCUT2D eigenvalue weighted by Crippen LogP contribution is -2.28. The van der Waals surface area contributed by atoms with Crippen LogP contribution in [0.5, 0.6) is 0 Å². The molecule has 0 fully saturated rings. The lowest BCUT2D eigenvalue weighted by molar-refractivity contribution is 0.0635. The molecule has 1 aromatic heterocycles. The van der Waals surface area contributed by atoms with E-state index in [-0.39, 0.29) is 11.5 Å². The second kappa shape index (κ2) is 4.69. The van der Waals surface area contributed by atoms with E-state index in [0.29, 0.717) is 6.29 Å². The molecule has 16 heavy (non-hydrogen) atoms. The fraction of sp³-hybridized carbons (Fsp3) is 0.400. The summed E-state index contributed by atoms with van der Waals surface area (Å²) in [5.41, 5.74) is -0.540. The minimum atomic E-state index is -0.670. The lowest BCUT2D eigenvalue weighted by Gasteiger charge is -2.19. The number of nitrogens with one attached hydrogen (secondary N) is 1. The first kappa shape index (κ1) is 12.1. The van der Waals surface area contributed by atoms with Crippen LogP contribution in [0.25, 0.3) is 0 Å². The van der Waals surface area contributed by atoms with Crippen molar-refractivity contribution >= 4 is 18.2 Å². The van der Waals surface area contributed by atoms with Crippen LogP contribution in [0.4, 0.5) is 10.6 Å². The number of hydrogen-bond acceptors (Lipinski definition) is 5. The summed E-state index contributed by atoms with van der Waals surface area (Å²) in [5.74, 6) is 0.0896. The topological polar surface area (TPSA) is 81.2 Å². The summed E-state index contributed by atoms with van der Waals surface area (Å²) in [5, 5.41) is 2.35. The van der Waals surface area contributed by atoms with Crippen molar-refractivity contribution in [2.24, 2.45) is 0 Å². The molecule has 0 unspecified atom stereocenters. The summed E-state index contributed by atoms with van der Waals surface area (Å²) >= 11 is 0. The van der Waals surface area contributed by atoms with E-state index >= 15 is 0 Å². The second-order valence-electron chi connectivity index (χ2n) is 4.03. The second-order valence-corrected chi connectivity index (χ2v) is 4.03. The van der Waals surface area contributed by atoms with E-state index in [0.717, 1.165) is 0 Å². The first-order valence-corrected chi connectivity index (χ1v) is 4.68. The normalized spacial score (nSPS) is 10.7. The van der Waals surface area contributed by atoms with Crippen molar-refractivity contribution in [3.63, 3.8) is 0 Å². The van der Waals surface area contributed by atoms with Gasteiger partial charge >= 0.3 is 6.09 Å². The molecule has 1 aromatic rings. The van der Waals surface area contributed by atoms with E-state index < -0.39 is 11.7 Å². The molecule has 0 atom stereocenters. The van der Waals surface area contributed by atoms with Gasteiger partial charge < -0.3 is 4.74 Å². The van der Waals surface area contributed by atoms with Gasteiger partial charge in [0.15, 0.2) is 12.1 Å².